The summed E-state index contributed by atoms with van der Waals surface area (Å²) in [5, 5.41) is 18.4. The molecule has 1 aromatic rings. The molecule has 10 heteroatoms. The molecule has 0 saturated carbocycles. The summed E-state index contributed by atoms with van der Waals surface area (Å²) in [4.78, 5) is 22.1. The van der Waals surface area contributed by atoms with E-state index < -0.39 is 17.1 Å². The maximum atomic E-state index is 13.5. The average molecular weight is 547 g/mol. The van der Waals surface area contributed by atoms with Crippen molar-refractivity contribution in [2.24, 2.45) is 10.2 Å². The number of amides is 1. The first kappa shape index (κ1) is 17.6. The number of hydrogen-bond donors (Lipinski definition) is 2. The molecule has 0 aliphatic carbocycles. The third-order valence-corrected chi connectivity index (χ3v) is 5.14. The Balaban J connectivity index is 2.06. The molecule has 1 heterocycles. The van der Waals surface area contributed by atoms with Crippen molar-refractivity contribution in [3.8, 4) is 0 Å². The van der Waals surface area contributed by atoms with E-state index in [1.807, 2.05) is 45.2 Å². The second-order valence-corrected chi connectivity index (χ2v) is 7.66. The van der Waals surface area contributed by atoms with Gasteiger partial charge in [0, 0.05) is 0 Å². The van der Waals surface area contributed by atoms with Gasteiger partial charge in [-0.2, -0.15) is 5.10 Å². The van der Waals surface area contributed by atoms with Crippen molar-refractivity contribution < 1.29 is 19.1 Å². The molecule has 22 heavy (non-hydrogen) atoms. The number of benzene rings is 1. The zero-order valence-corrected chi connectivity index (χ0v) is 15.8. The van der Waals surface area contributed by atoms with E-state index in [9.17, 15) is 14.0 Å². The highest BCUT2D eigenvalue weighted by Gasteiger charge is 2.32. The molecular weight excluding hydrogens is 539 g/mol. The van der Waals surface area contributed by atoms with Crippen molar-refractivity contribution in [3.63, 3.8) is 0 Å². The number of nitrogens with zero attached hydrogens (tertiary/aromatic N) is 2. The van der Waals surface area contributed by atoms with Gasteiger partial charge in [0.2, 0.25) is 5.91 Å². The minimum absolute atomic E-state index is 0.249. The molecule has 2 N–H and O–H groups in total. The van der Waals surface area contributed by atoms with Crippen LogP contribution >= 0.6 is 56.9 Å². The quantitative estimate of drug-likeness (QED) is 0.263. The van der Waals surface area contributed by atoms with E-state index in [1.165, 1.54) is 6.21 Å². The third-order valence-electron chi connectivity index (χ3n) is 2.50. The smallest absolute Gasteiger partial charge is 0.305 e. The number of aliphatic carboxylic acids is 1. The monoisotopic (exact) mass is 547 g/mol. The van der Waals surface area contributed by atoms with Crippen LogP contribution < -0.4 is 5.32 Å². The number of carboxylic acid groups (broad SMARTS) is 1. The van der Waals surface area contributed by atoms with Crippen LogP contribution in [0.5, 0.6) is 0 Å². The minimum atomic E-state index is -1.05. The first-order chi connectivity index (χ1) is 10.4. The largest absolute Gasteiger partial charge is 0.481 e. The number of carbonyl (C=O) groups excluding carboxylic acids is 1. The van der Waals surface area contributed by atoms with Gasteiger partial charge in [0.1, 0.15) is 11.1 Å². The molecule has 1 amide bonds. The summed E-state index contributed by atoms with van der Waals surface area (Å²) < 4.78 is 14.4. The second kappa shape index (κ2) is 7.68. The van der Waals surface area contributed by atoms with Crippen molar-refractivity contribution in [2.75, 3.05) is 0 Å². The fourth-order valence-corrected chi connectivity index (χ4v) is 4.27. The SMILES string of the molecule is O=C(O)CC1SC(=NN=Cc2cc(I)c(F)c(I)c2)NC1=O. The molecule has 1 fully saturated rings. The van der Waals surface area contributed by atoms with Crippen LogP contribution in [0.25, 0.3) is 0 Å². The minimum Gasteiger partial charge on any atom is -0.481 e. The molecule has 1 aliphatic rings. The molecule has 116 valence electrons. The molecule has 2 rings (SSSR count). The number of amidine groups is 1. The van der Waals surface area contributed by atoms with E-state index in [0.29, 0.717) is 12.7 Å². The van der Waals surface area contributed by atoms with Crippen LogP contribution in [-0.4, -0.2) is 33.6 Å². The van der Waals surface area contributed by atoms with Crippen molar-refractivity contribution >= 4 is 80.2 Å². The molecule has 0 radical (unpaired) electrons. The predicted molar refractivity (Wildman–Crippen MR) is 98.6 cm³/mol. The highest BCUT2D eigenvalue weighted by atomic mass is 127. The Morgan fingerprint density at radius 3 is 2.68 bits per heavy atom. The Morgan fingerprint density at radius 1 is 1.45 bits per heavy atom. The van der Waals surface area contributed by atoms with Gasteiger partial charge in [-0.1, -0.05) is 11.8 Å². The van der Waals surface area contributed by atoms with Crippen LogP contribution in [-0.2, 0) is 9.59 Å². The van der Waals surface area contributed by atoms with Crippen molar-refractivity contribution in [1.82, 2.24) is 5.32 Å². The van der Waals surface area contributed by atoms with E-state index in [2.05, 4.69) is 15.5 Å². The summed E-state index contributed by atoms with van der Waals surface area (Å²) in [5.74, 6) is -1.72. The molecular formula is C12H8FI2N3O3S. The Labute approximate surface area is 156 Å². The number of carbonyl (C=O) groups is 2. The van der Waals surface area contributed by atoms with Gasteiger partial charge < -0.3 is 10.4 Å². The van der Waals surface area contributed by atoms with Crippen LogP contribution in [0.15, 0.2) is 22.3 Å². The number of halogens is 3. The summed E-state index contributed by atoms with van der Waals surface area (Å²) in [6.07, 6.45) is 1.17. The van der Waals surface area contributed by atoms with E-state index in [1.54, 1.807) is 12.1 Å². The lowest BCUT2D eigenvalue weighted by molar-refractivity contribution is -0.138. The molecule has 1 aromatic carbocycles. The summed E-state index contributed by atoms with van der Waals surface area (Å²) in [7, 11) is 0. The van der Waals surface area contributed by atoms with Crippen LogP contribution in [0, 0.1) is 13.0 Å². The number of thioether (sulfide) groups is 1. The lowest BCUT2D eigenvalue weighted by Crippen LogP contribution is -2.26. The maximum absolute atomic E-state index is 13.5. The van der Waals surface area contributed by atoms with Crippen LogP contribution in [0.3, 0.4) is 0 Å². The average Bonchev–Trinajstić information content (AvgIpc) is 2.75. The second-order valence-electron chi connectivity index (χ2n) is 4.14. The Kier molecular flexibility index (Phi) is 6.14. The fraction of sp³-hybridized carbons (Fsp3) is 0.167. The van der Waals surface area contributed by atoms with Gasteiger partial charge in [0.05, 0.1) is 19.8 Å². The van der Waals surface area contributed by atoms with Gasteiger partial charge in [-0.25, -0.2) is 4.39 Å². The molecule has 1 aliphatic heterocycles. The van der Waals surface area contributed by atoms with Gasteiger partial charge >= 0.3 is 5.97 Å². The third kappa shape index (κ3) is 4.62. The molecule has 0 aromatic heterocycles. The molecule has 0 spiro atoms. The lowest BCUT2D eigenvalue weighted by Gasteiger charge is -1.99. The van der Waals surface area contributed by atoms with Gasteiger partial charge in [-0.05, 0) is 62.9 Å². The predicted octanol–water partition coefficient (Wildman–Crippen LogP) is 2.43. The summed E-state index contributed by atoms with van der Waals surface area (Å²) in [6.45, 7) is 0. The van der Waals surface area contributed by atoms with Crippen LogP contribution in [0.2, 0.25) is 0 Å². The normalized spacial score (nSPS) is 19.9. The molecule has 6 nitrogen and oxygen atoms in total. The van der Waals surface area contributed by atoms with Crippen LogP contribution in [0.4, 0.5) is 4.39 Å². The van der Waals surface area contributed by atoms with Crippen molar-refractivity contribution in [2.45, 2.75) is 11.7 Å². The Bertz CT molecular complexity index is 673. The topological polar surface area (TPSA) is 91.1 Å². The molecule has 1 saturated heterocycles. The first-order valence-corrected chi connectivity index (χ1v) is 8.85. The number of nitrogens with one attached hydrogen (secondary N) is 1. The Morgan fingerprint density at radius 2 is 2.09 bits per heavy atom. The zero-order valence-electron chi connectivity index (χ0n) is 10.7. The van der Waals surface area contributed by atoms with E-state index >= 15 is 0 Å². The fourth-order valence-electron chi connectivity index (χ4n) is 1.54. The van der Waals surface area contributed by atoms with Crippen molar-refractivity contribution in [1.29, 1.82) is 0 Å². The number of hydrogen-bond acceptors (Lipinski definition) is 5. The maximum Gasteiger partial charge on any atom is 0.305 e. The Hall–Kier alpha value is -0.760. The van der Waals surface area contributed by atoms with E-state index in [0.717, 1.165) is 11.8 Å². The first-order valence-electron chi connectivity index (χ1n) is 5.81. The van der Waals surface area contributed by atoms with Gasteiger partial charge in [-0.15, -0.1) is 5.10 Å². The standard InChI is InChI=1S/C12H8FI2N3O3S/c13-10-6(14)1-5(2-7(10)15)4-16-18-12-17-11(21)8(22-12)3-9(19)20/h1-2,4,8H,3H2,(H,19,20)(H,17,18,21). The molecule has 0 bridgehead atoms. The van der Waals surface area contributed by atoms with Gasteiger partial charge in [0.25, 0.3) is 0 Å². The summed E-state index contributed by atoms with van der Waals surface area (Å²) in [5.41, 5.74) is 0.677. The lowest BCUT2D eigenvalue weighted by atomic mass is 10.2. The molecule has 1 atom stereocenters. The zero-order chi connectivity index (χ0) is 16.3. The van der Waals surface area contributed by atoms with Crippen molar-refractivity contribution in [3.05, 3.63) is 30.7 Å². The number of rotatable bonds is 4. The van der Waals surface area contributed by atoms with Crippen LogP contribution in [0.1, 0.15) is 12.0 Å². The van der Waals surface area contributed by atoms with Gasteiger partial charge in [-0.3, -0.25) is 9.59 Å². The highest BCUT2D eigenvalue weighted by molar-refractivity contribution is 14.1. The van der Waals surface area contributed by atoms with E-state index in [-0.39, 0.29) is 17.4 Å². The van der Waals surface area contributed by atoms with Gasteiger partial charge in [0.15, 0.2) is 5.17 Å². The highest BCUT2D eigenvalue weighted by Crippen LogP contribution is 2.22. The van der Waals surface area contributed by atoms with E-state index in [4.69, 9.17) is 5.11 Å². The number of carboxylic acids is 1. The molecule has 1 unspecified atom stereocenters. The summed E-state index contributed by atoms with van der Waals surface area (Å²) in [6, 6.07) is 3.24. The summed E-state index contributed by atoms with van der Waals surface area (Å²) >= 11 is 4.80.